The predicted octanol–water partition coefficient (Wildman–Crippen LogP) is 5.48. The van der Waals surface area contributed by atoms with Gasteiger partial charge in [0.1, 0.15) is 0 Å². The van der Waals surface area contributed by atoms with E-state index in [1.807, 2.05) is 0 Å². The molecule has 0 aliphatic heterocycles. The first-order valence-corrected chi connectivity index (χ1v) is 7.03. The first kappa shape index (κ1) is 12.8. The van der Waals surface area contributed by atoms with E-state index in [-0.39, 0.29) is 0 Å². The van der Waals surface area contributed by atoms with Crippen LogP contribution in [0.3, 0.4) is 0 Å². The fraction of sp³-hybridized carbons (Fsp3) is 0.867. The van der Waals surface area contributed by atoms with Gasteiger partial charge in [-0.2, -0.15) is 0 Å². The summed E-state index contributed by atoms with van der Waals surface area (Å²) in [5, 5.41) is 0. The molecule has 1 aliphatic rings. The maximum atomic E-state index is 2.54. The third-order valence-electron chi connectivity index (χ3n) is 3.70. The molecule has 1 fully saturated rings. The third-order valence-corrected chi connectivity index (χ3v) is 3.70. The van der Waals surface area contributed by atoms with Crippen LogP contribution in [0.4, 0.5) is 0 Å². The summed E-state index contributed by atoms with van der Waals surface area (Å²) in [6, 6.07) is 0. The summed E-state index contributed by atoms with van der Waals surface area (Å²) in [5.41, 5.74) is 1.75. The quantitative estimate of drug-likeness (QED) is 0.384. The minimum Gasteiger partial charge on any atom is -0.0851 e. The Hall–Kier alpha value is -0.260. The van der Waals surface area contributed by atoms with Gasteiger partial charge in [-0.05, 0) is 38.0 Å². The molecule has 0 aromatic carbocycles. The van der Waals surface area contributed by atoms with Gasteiger partial charge in [0.25, 0.3) is 0 Å². The van der Waals surface area contributed by atoms with Crippen LogP contribution in [-0.4, -0.2) is 0 Å². The van der Waals surface area contributed by atoms with E-state index in [9.17, 15) is 0 Å². The van der Waals surface area contributed by atoms with Crippen molar-refractivity contribution in [2.45, 2.75) is 78.1 Å². The monoisotopic (exact) mass is 208 g/mol. The van der Waals surface area contributed by atoms with Gasteiger partial charge in [0, 0.05) is 0 Å². The van der Waals surface area contributed by atoms with Crippen molar-refractivity contribution in [1.29, 1.82) is 0 Å². The Morgan fingerprint density at radius 3 is 2.53 bits per heavy atom. The molecule has 0 amide bonds. The number of allylic oxidation sites excluding steroid dienone is 2. The third kappa shape index (κ3) is 5.39. The van der Waals surface area contributed by atoms with E-state index in [1.165, 1.54) is 64.2 Å². The van der Waals surface area contributed by atoms with Crippen molar-refractivity contribution < 1.29 is 0 Å². The van der Waals surface area contributed by atoms with Crippen molar-refractivity contribution in [3.63, 3.8) is 0 Å². The van der Waals surface area contributed by atoms with E-state index >= 15 is 0 Å². The second kappa shape index (κ2) is 7.96. The van der Waals surface area contributed by atoms with Crippen molar-refractivity contribution in [2.75, 3.05) is 0 Å². The van der Waals surface area contributed by atoms with Crippen LogP contribution in [0.2, 0.25) is 0 Å². The number of unbranched alkanes of at least 4 members (excludes halogenated alkanes) is 6. The summed E-state index contributed by atoms with van der Waals surface area (Å²) >= 11 is 0. The Kier molecular flexibility index (Phi) is 6.80. The summed E-state index contributed by atoms with van der Waals surface area (Å²) < 4.78 is 0. The lowest BCUT2D eigenvalue weighted by molar-refractivity contribution is 0.609. The van der Waals surface area contributed by atoms with E-state index in [0.29, 0.717) is 0 Å². The molecular weight excluding hydrogens is 180 g/mol. The van der Waals surface area contributed by atoms with Crippen molar-refractivity contribution >= 4 is 0 Å². The maximum Gasteiger partial charge on any atom is -0.0232 e. The lowest BCUT2D eigenvalue weighted by Gasteiger charge is -2.04. The van der Waals surface area contributed by atoms with Crippen LogP contribution in [0.1, 0.15) is 78.1 Å². The average Bonchev–Trinajstić information content (AvgIpc) is 2.63. The molecule has 0 aromatic heterocycles. The van der Waals surface area contributed by atoms with Gasteiger partial charge in [-0.1, -0.05) is 57.6 Å². The predicted molar refractivity (Wildman–Crippen MR) is 69.1 cm³/mol. The fourth-order valence-electron chi connectivity index (χ4n) is 2.56. The molecule has 15 heavy (non-hydrogen) atoms. The second-order valence-electron chi connectivity index (χ2n) is 5.13. The average molecular weight is 208 g/mol. The summed E-state index contributed by atoms with van der Waals surface area (Å²) in [6.07, 6.45) is 16.7. The highest BCUT2D eigenvalue weighted by molar-refractivity contribution is 5.09. The van der Waals surface area contributed by atoms with Gasteiger partial charge in [-0.25, -0.2) is 0 Å². The molecule has 0 nitrogen and oxygen atoms in total. The summed E-state index contributed by atoms with van der Waals surface area (Å²) in [4.78, 5) is 0. The molecule has 0 spiro atoms. The van der Waals surface area contributed by atoms with E-state index in [2.05, 4.69) is 19.9 Å². The highest BCUT2D eigenvalue weighted by Gasteiger charge is 2.14. The van der Waals surface area contributed by atoms with Crippen LogP contribution in [0, 0.1) is 5.92 Å². The first-order valence-electron chi connectivity index (χ1n) is 7.03. The van der Waals surface area contributed by atoms with Gasteiger partial charge >= 0.3 is 0 Å². The van der Waals surface area contributed by atoms with Gasteiger partial charge in [0.05, 0.1) is 0 Å². The molecule has 1 aliphatic carbocycles. The zero-order valence-electron chi connectivity index (χ0n) is 10.7. The van der Waals surface area contributed by atoms with Crippen LogP contribution in [0.5, 0.6) is 0 Å². The van der Waals surface area contributed by atoms with Crippen molar-refractivity contribution in [1.82, 2.24) is 0 Å². The van der Waals surface area contributed by atoms with Gasteiger partial charge in [-0.15, -0.1) is 0 Å². The Morgan fingerprint density at radius 1 is 1.13 bits per heavy atom. The van der Waals surface area contributed by atoms with Crippen LogP contribution in [0.15, 0.2) is 11.6 Å². The van der Waals surface area contributed by atoms with Crippen molar-refractivity contribution in [3.05, 3.63) is 11.6 Å². The van der Waals surface area contributed by atoms with Gasteiger partial charge < -0.3 is 0 Å². The highest BCUT2D eigenvalue weighted by Crippen LogP contribution is 2.30. The fourth-order valence-corrected chi connectivity index (χ4v) is 2.56. The van der Waals surface area contributed by atoms with E-state index in [4.69, 9.17) is 0 Å². The van der Waals surface area contributed by atoms with E-state index in [1.54, 1.807) is 5.57 Å². The van der Waals surface area contributed by atoms with Crippen LogP contribution < -0.4 is 0 Å². The largest absolute Gasteiger partial charge is 0.0851 e. The molecule has 0 aromatic rings. The molecule has 0 bridgehead atoms. The van der Waals surface area contributed by atoms with Crippen molar-refractivity contribution in [3.8, 4) is 0 Å². The Balaban J connectivity index is 1.96. The minimum atomic E-state index is 0.894. The lowest BCUT2D eigenvalue weighted by Crippen LogP contribution is -1.88. The smallest absolute Gasteiger partial charge is 0.0232 e. The highest BCUT2D eigenvalue weighted by atomic mass is 14.2. The zero-order valence-corrected chi connectivity index (χ0v) is 10.7. The zero-order chi connectivity index (χ0) is 10.9. The second-order valence-corrected chi connectivity index (χ2v) is 5.13. The molecule has 0 saturated heterocycles. The molecule has 1 atom stereocenters. The lowest BCUT2D eigenvalue weighted by atomic mass is 10.0. The maximum absolute atomic E-state index is 2.54. The molecule has 0 radical (unpaired) electrons. The van der Waals surface area contributed by atoms with Crippen LogP contribution in [0.25, 0.3) is 0 Å². The Labute approximate surface area is 96.2 Å². The van der Waals surface area contributed by atoms with Crippen molar-refractivity contribution in [2.24, 2.45) is 5.92 Å². The summed E-state index contributed by atoms with van der Waals surface area (Å²) in [7, 11) is 0. The van der Waals surface area contributed by atoms with Gasteiger partial charge in [0.2, 0.25) is 0 Å². The number of hydrogen-bond donors (Lipinski definition) is 0. The van der Waals surface area contributed by atoms with Gasteiger partial charge in [-0.3, -0.25) is 0 Å². The molecular formula is C15H28. The number of rotatable bonds is 7. The Bertz CT molecular complexity index is 178. The normalized spacial score (nSPS) is 23.9. The first-order chi connectivity index (χ1) is 7.34. The summed E-state index contributed by atoms with van der Waals surface area (Å²) in [6.45, 7) is 4.67. The Morgan fingerprint density at radius 2 is 1.87 bits per heavy atom. The topological polar surface area (TPSA) is 0 Å². The van der Waals surface area contributed by atoms with E-state index in [0.717, 1.165) is 5.92 Å². The molecule has 88 valence electrons. The molecule has 1 saturated carbocycles. The molecule has 0 heteroatoms. The molecule has 0 heterocycles. The number of hydrogen-bond acceptors (Lipinski definition) is 0. The minimum absolute atomic E-state index is 0.894. The SMILES string of the molecule is CCCCCCCCC=C1CCCC1C. The van der Waals surface area contributed by atoms with Gasteiger partial charge in [0.15, 0.2) is 0 Å². The van der Waals surface area contributed by atoms with Crippen LogP contribution in [-0.2, 0) is 0 Å². The molecule has 1 rings (SSSR count). The standard InChI is InChI=1S/C15H28/c1-3-4-5-6-7-8-9-12-15-13-10-11-14(15)2/h12,14H,3-11,13H2,1-2H3. The van der Waals surface area contributed by atoms with Crippen LogP contribution >= 0.6 is 0 Å². The molecule has 1 unspecified atom stereocenters. The van der Waals surface area contributed by atoms with E-state index < -0.39 is 0 Å². The summed E-state index contributed by atoms with van der Waals surface area (Å²) in [5.74, 6) is 0.894. The molecule has 0 N–H and O–H groups in total.